The fraction of sp³-hybridized carbons (Fsp3) is 0.667. The minimum absolute atomic E-state index is 0.162. The molecule has 1 aliphatic heterocycles. The first-order valence-electron chi connectivity index (χ1n) is 10.3. The van der Waals surface area contributed by atoms with Gasteiger partial charge in [0.1, 0.15) is 11.3 Å². The number of amides is 1. The maximum absolute atomic E-state index is 12.6. The summed E-state index contributed by atoms with van der Waals surface area (Å²) in [6.07, 6.45) is 10.1. The fourth-order valence-electron chi connectivity index (χ4n) is 3.98. The number of likely N-dealkylation sites (tertiary alicyclic amines) is 1. The number of aromatic nitrogens is 3. The SMILES string of the molecule is COC[C@H](C)n1c(CCCC(=O)N2CCCCCCC2)nc2cccnc21. The van der Waals surface area contributed by atoms with Crippen LogP contribution in [0.1, 0.15) is 63.7 Å². The van der Waals surface area contributed by atoms with Crippen LogP contribution in [0.4, 0.5) is 0 Å². The van der Waals surface area contributed by atoms with Crippen LogP contribution in [-0.2, 0) is 16.0 Å². The van der Waals surface area contributed by atoms with Gasteiger partial charge in [-0.2, -0.15) is 0 Å². The lowest BCUT2D eigenvalue weighted by Gasteiger charge is -2.25. The Labute approximate surface area is 161 Å². The van der Waals surface area contributed by atoms with Crippen molar-refractivity contribution in [2.24, 2.45) is 0 Å². The van der Waals surface area contributed by atoms with Crippen molar-refractivity contribution >= 4 is 17.1 Å². The number of hydrogen-bond donors (Lipinski definition) is 0. The second-order valence-corrected chi connectivity index (χ2v) is 7.55. The molecule has 6 nitrogen and oxygen atoms in total. The van der Waals surface area contributed by atoms with Crippen molar-refractivity contribution in [3.63, 3.8) is 0 Å². The molecule has 0 unspecified atom stereocenters. The van der Waals surface area contributed by atoms with E-state index in [1.165, 1.54) is 19.3 Å². The molecule has 148 valence electrons. The molecule has 1 amide bonds. The molecule has 3 rings (SSSR count). The third kappa shape index (κ3) is 5.06. The lowest BCUT2D eigenvalue weighted by atomic mass is 10.1. The molecule has 2 aromatic heterocycles. The first-order chi connectivity index (χ1) is 13.2. The van der Waals surface area contributed by atoms with Gasteiger partial charge in [-0.05, 0) is 38.3 Å². The van der Waals surface area contributed by atoms with E-state index in [0.717, 1.165) is 55.8 Å². The van der Waals surface area contributed by atoms with E-state index in [2.05, 4.69) is 21.4 Å². The number of pyridine rings is 1. The smallest absolute Gasteiger partial charge is 0.222 e. The molecular formula is C21H32N4O2. The number of nitrogens with zero attached hydrogens (tertiary/aromatic N) is 4. The quantitative estimate of drug-likeness (QED) is 0.742. The molecule has 0 bridgehead atoms. The number of methoxy groups -OCH3 is 1. The number of aryl methyl sites for hydroxylation is 1. The van der Waals surface area contributed by atoms with Crippen LogP contribution in [0.3, 0.4) is 0 Å². The summed E-state index contributed by atoms with van der Waals surface area (Å²) in [7, 11) is 1.71. The maximum Gasteiger partial charge on any atom is 0.222 e. The van der Waals surface area contributed by atoms with Crippen LogP contribution in [0, 0.1) is 0 Å². The van der Waals surface area contributed by atoms with E-state index in [1.54, 1.807) is 13.3 Å². The van der Waals surface area contributed by atoms with Crippen molar-refractivity contribution < 1.29 is 9.53 Å². The maximum atomic E-state index is 12.6. The van der Waals surface area contributed by atoms with Crippen molar-refractivity contribution in [1.82, 2.24) is 19.4 Å². The minimum Gasteiger partial charge on any atom is -0.383 e. The van der Waals surface area contributed by atoms with Gasteiger partial charge < -0.3 is 14.2 Å². The molecule has 0 radical (unpaired) electrons. The first-order valence-corrected chi connectivity index (χ1v) is 10.3. The summed E-state index contributed by atoms with van der Waals surface area (Å²) < 4.78 is 7.50. The van der Waals surface area contributed by atoms with Crippen LogP contribution < -0.4 is 0 Å². The van der Waals surface area contributed by atoms with E-state index in [4.69, 9.17) is 9.72 Å². The number of ether oxygens (including phenoxy) is 1. The van der Waals surface area contributed by atoms with E-state index in [9.17, 15) is 4.79 Å². The van der Waals surface area contributed by atoms with Gasteiger partial charge in [-0.1, -0.05) is 19.3 Å². The van der Waals surface area contributed by atoms with Gasteiger partial charge in [0.05, 0.1) is 12.6 Å². The molecule has 1 fully saturated rings. The molecule has 6 heteroatoms. The van der Waals surface area contributed by atoms with Crippen molar-refractivity contribution in [3.05, 3.63) is 24.2 Å². The van der Waals surface area contributed by atoms with Gasteiger partial charge in [0.15, 0.2) is 5.65 Å². The highest BCUT2D eigenvalue weighted by atomic mass is 16.5. The topological polar surface area (TPSA) is 60.2 Å². The number of carbonyl (C=O) groups excluding carboxylic acids is 1. The summed E-state index contributed by atoms with van der Waals surface area (Å²) in [5, 5.41) is 0. The molecule has 0 N–H and O–H groups in total. The number of carbonyl (C=O) groups is 1. The molecule has 1 saturated heterocycles. The normalized spacial score (nSPS) is 16.9. The Morgan fingerprint density at radius 3 is 2.70 bits per heavy atom. The van der Waals surface area contributed by atoms with Crippen LogP contribution in [0.15, 0.2) is 18.3 Å². The molecule has 0 aromatic carbocycles. The molecule has 3 heterocycles. The van der Waals surface area contributed by atoms with Gasteiger partial charge in [0.25, 0.3) is 0 Å². The largest absolute Gasteiger partial charge is 0.383 e. The summed E-state index contributed by atoms with van der Waals surface area (Å²) in [5.41, 5.74) is 1.80. The Morgan fingerprint density at radius 1 is 1.22 bits per heavy atom. The highest BCUT2D eigenvalue weighted by molar-refractivity contribution is 5.76. The van der Waals surface area contributed by atoms with Crippen LogP contribution in [0.2, 0.25) is 0 Å². The van der Waals surface area contributed by atoms with E-state index >= 15 is 0 Å². The van der Waals surface area contributed by atoms with Crippen molar-refractivity contribution in [1.29, 1.82) is 0 Å². The van der Waals surface area contributed by atoms with E-state index in [0.29, 0.717) is 18.9 Å². The molecule has 1 atom stereocenters. The Bertz CT molecular complexity index is 735. The van der Waals surface area contributed by atoms with Crippen molar-refractivity contribution in [3.8, 4) is 0 Å². The number of imidazole rings is 1. The van der Waals surface area contributed by atoms with Gasteiger partial charge in [0.2, 0.25) is 5.91 Å². The zero-order valence-corrected chi connectivity index (χ0v) is 16.7. The lowest BCUT2D eigenvalue weighted by molar-refractivity contribution is -0.131. The predicted octanol–water partition coefficient (Wildman–Crippen LogP) is 3.75. The number of fused-ring (bicyclic) bond motifs is 1. The van der Waals surface area contributed by atoms with Crippen molar-refractivity contribution in [2.75, 3.05) is 26.8 Å². The summed E-state index contributed by atoms with van der Waals surface area (Å²) in [6.45, 7) is 4.58. The van der Waals surface area contributed by atoms with Gasteiger partial charge in [-0.3, -0.25) is 4.79 Å². The Morgan fingerprint density at radius 2 is 1.96 bits per heavy atom. The molecular weight excluding hydrogens is 340 g/mol. The van der Waals surface area contributed by atoms with Gasteiger partial charge in [0, 0.05) is 39.2 Å². The van der Waals surface area contributed by atoms with Gasteiger partial charge in [-0.15, -0.1) is 0 Å². The summed E-state index contributed by atoms with van der Waals surface area (Å²) >= 11 is 0. The van der Waals surface area contributed by atoms with Crippen LogP contribution >= 0.6 is 0 Å². The van der Waals surface area contributed by atoms with Crippen molar-refractivity contribution in [2.45, 2.75) is 64.3 Å². The van der Waals surface area contributed by atoms with Crippen LogP contribution in [0.5, 0.6) is 0 Å². The lowest BCUT2D eigenvalue weighted by Crippen LogP contribution is -2.33. The Kier molecular flexibility index (Phi) is 7.21. The average Bonchev–Trinajstić information content (AvgIpc) is 2.99. The molecule has 0 aliphatic carbocycles. The second kappa shape index (κ2) is 9.83. The molecule has 1 aliphatic rings. The average molecular weight is 373 g/mol. The number of rotatable bonds is 7. The first kappa shape index (κ1) is 19.8. The minimum atomic E-state index is 0.162. The second-order valence-electron chi connectivity index (χ2n) is 7.55. The monoisotopic (exact) mass is 372 g/mol. The Balaban J connectivity index is 1.64. The Hall–Kier alpha value is -1.95. The third-order valence-electron chi connectivity index (χ3n) is 5.37. The predicted molar refractivity (Wildman–Crippen MR) is 107 cm³/mol. The van der Waals surface area contributed by atoms with E-state index < -0.39 is 0 Å². The van der Waals surface area contributed by atoms with Gasteiger partial charge in [-0.25, -0.2) is 9.97 Å². The fourth-order valence-corrected chi connectivity index (χ4v) is 3.98. The molecule has 2 aromatic rings. The molecule has 0 spiro atoms. The molecule has 0 saturated carbocycles. The summed E-state index contributed by atoms with van der Waals surface area (Å²) in [5.74, 6) is 1.29. The highest BCUT2D eigenvalue weighted by Crippen LogP contribution is 2.21. The zero-order chi connectivity index (χ0) is 19.1. The zero-order valence-electron chi connectivity index (χ0n) is 16.7. The standard InChI is InChI=1S/C21H32N4O2/c1-17(16-27-2)25-19(23-18-10-9-13-22-21(18)25)11-8-12-20(26)24-14-6-4-3-5-7-15-24/h9-10,13,17H,3-8,11-12,14-16H2,1-2H3/t17-/m0/s1. The third-order valence-corrected chi connectivity index (χ3v) is 5.37. The van der Waals surface area contributed by atoms with E-state index in [-0.39, 0.29) is 6.04 Å². The summed E-state index contributed by atoms with van der Waals surface area (Å²) in [6, 6.07) is 4.07. The molecule has 27 heavy (non-hydrogen) atoms. The van der Waals surface area contributed by atoms with Gasteiger partial charge >= 0.3 is 0 Å². The van der Waals surface area contributed by atoms with Crippen LogP contribution in [0.25, 0.3) is 11.2 Å². The summed E-state index contributed by atoms with van der Waals surface area (Å²) in [4.78, 5) is 24.0. The number of hydrogen-bond acceptors (Lipinski definition) is 4. The van der Waals surface area contributed by atoms with Crippen LogP contribution in [-0.4, -0.2) is 52.1 Å². The van der Waals surface area contributed by atoms with E-state index in [1.807, 2.05) is 12.1 Å². The highest BCUT2D eigenvalue weighted by Gasteiger charge is 2.18.